The van der Waals surface area contributed by atoms with Crippen molar-refractivity contribution in [2.75, 3.05) is 6.61 Å². The second kappa shape index (κ2) is 4.58. The molecule has 5 nitrogen and oxygen atoms in total. The minimum absolute atomic E-state index is 0.0673. The fraction of sp³-hybridized carbons (Fsp3) is 0.222. The summed E-state index contributed by atoms with van der Waals surface area (Å²) in [6, 6.07) is 2.68. The van der Waals surface area contributed by atoms with E-state index < -0.39 is 27.4 Å². The number of primary sulfonamides is 1. The zero-order valence-electron chi connectivity index (χ0n) is 8.44. The summed E-state index contributed by atoms with van der Waals surface area (Å²) in [5, 5.41) is 4.85. The minimum Gasteiger partial charge on any atom is -0.462 e. The van der Waals surface area contributed by atoms with Crippen molar-refractivity contribution in [3.63, 3.8) is 0 Å². The van der Waals surface area contributed by atoms with Gasteiger partial charge in [-0.1, -0.05) is 0 Å². The predicted molar refractivity (Wildman–Crippen MR) is 53.7 cm³/mol. The van der Waals surface area contributed by atoms with Crippen molar-refractivity contribution in [1.82, 2.24) is 0 Å². The number of halogens is 1. The SMILES string of the molecule is CCOC(=O)c1cc(S(N)(=O)=O)ccc1F. The van der Waals surface area contributed by atoms with E-state index in [9.17, 15) is 17.6 Å². The van der Waals surface area contributed by atoms with E-state index in [0.717, 1.165) is 18.2 Å². The average Bonchev–Trinajstić information content (AvgIpc) is 2.16. The lowest BCUT2D eigenvalue weighted by Gasteiger charge is -2.04. The monoisotopic (exact) mass is 247 g/mol. The molecule has 0 aliphatic heterocycles. The lowest BCUT2D eigenvalue weighted by atomic mass is 10.2. The summed E-state index contributed by atoms with van der Waals surface area (Å²) in [4.78, 5) is 10.9. The second-order valence-corrected chi connectivity index (χ2v) is 4.47. The maximum atomic E-state index is 13.2. The average molecular weight is 247 g/mol. The Morgan fingerprint density at radius 1 is 1.50 bits per heavy atom. The van der Waals surface area contributed by atoms with Gasteiger partial charge >= 0.3 is 5.97 Å². The van der Waals surface area contributed by atoms with Crippen molar-refractivity contribution in [3.8, 4) is 0 Å². The van der Waals surface area contributed by atoms with Gasteiger partial charge in [-0.05, 0) is 25.1 Å². The Labute approximate surface area is 92.1 Å². The van der Waals surface area contributed by atoms with Crippen LogP contribution in [0.25, 0.3) is 0 Å². The van der Waals surface area contributed by atoms with Crippen LogP contribution < -0.4 is 5.14 Å². The molecule has 88 valence electrons. The maximum absolute atomic E-state index is 13.2. The van der Waals surface area contributed by atoms with Crippen LogP contribution in [0.15, 0.2) is 23.1 Å². The Balaban J connectivity index is 3.24. The molecule has 7 heteroatoms. The molecular weight excluding hydrogens is 237 g/mol. The van der Waals surface area contributed by atoms with E-state index in [4.69, 9.17) is 5.14 Å². The first kappa shape index (κ1) is 12.6. The molecule has 0 radical (unpaired) electrons. The van der Waals surface area contributed by atoms with Crippen LogP contribution in [0.1, 0.15) is 17.3 Å². The highest BCUT2D eigenvalue weighted by molar-refractivity contribution is 7.89. The summed E-state index contributed by atoms with van der Waals surface area (Å²) >= 11 is 0. The van der Waals surface area contributed by atoms with Crippen molar-refractivity contribution >= 4 is 16.0 Å². The third kappa shape index (κ3) is 2.77. The summed E-state index contributed by atoms with van der Waals surface area (Å²) in [7, 11) is -3.96. The number of hydrogen-bond donors (Lipinski definition) is 1. The van der Waals surface area contributed by atoms with Gasteiger partial charge in [0.05, 0.1) is 17.1 Å². The van der Waals surface area contributed by atoms with Crippen molar-refractivity contribution in [2.24, 2.45) is 5.14 Å². The van der Waals surface area contributed by atoms with Crippen molar-refractivity contribution < 1.29 is 22.3 Å². The number of nitrogens with two attached hydrogens (primary N) is 1. The molecule has 1 aromatic rings. The van der Waals surface area contributed by atoms with Gasteiger partial charge in [-0.25, -0.2) is 22.7 Å². The molecule has 0 aliphatic carbocycles. The molecule has 0 saturated carbocycles. The molecule has 0 bridgehead atoms. The first-order valence-corrected chi connectivity index (χ1v) is 5.90. The Kier molecular flexibility index (Phi) is 3.61. The lowest BCUT2D eigenvalue weighted by molar-refractivity contribution is 0.0520. The number of carbonyl (C=O) groups excluding carboxylic acids is 1. The Morgan fingerprint density at radius 3 is 2.62 bits per heavy atom. The van der Waals surface area contributed by atoms with Crippen molar-refractivity contribution in [2.45, 2.75) is 11.8 Å². The van der Waals surface area contributed by atoms with E-state index in [2.05, 4.69) is 4.74 Å². The molecular formula is C9H10FNO4S. The largest absolute Gasteiger partial charge is 0.462 e. The second-order valence-electron chi connectivity index (χ2n) is 2.91. The van der Waals surface area contributed by atoms with Crippen LogP contribution in [0.4, 0.5) is 4.39 Å². The first-order chi connectivity index (χ1) is 7.36. The Bertz CT molecular complexity index is 512. The molecule has 1 rings (SSSR count). The first-order valence-electron chi connectivity index (χ1n) is 4.35. The highest BCUT2D eigenvalue weighted by Gasteiger charge is 2.17. The zero-order chi connectivity index (χ0) is 12.3. The standard InChI is InChI=1S/C9H10FNO4S/c1-2-15-9(12)7-5-6(16(11,13)14)3-4-8(7)10/h3-5H,2H2,1H3,(H2,11,13,14). The van der Waals surface area contributed by atoms with Crippen LogP contribution in [0.3, 0.4) is 0 Å². The normalized spacial score (nSPS) is 11.2. The zero-order valence-corrected chi connectivity index (χ0v) is 9.25. The Hall–Kier alpha value is -1.47. The topological polar surface area (TPSA) is 86.5 Å². The van der Waals surface area contributed by atoms with Gasteiger partial charge in [0.1, 0.15) is 5.82 Å². The molecule has 0 spiro atoms. The van der Waals surface area contributed by atoms with E-state index in [1.165, 1.54) is 0 Å². The van der Waals surface area contributed by atoms with Crippen LogP contribution in [0, 0.1) is 5.82 Å². The van der Waals surface area contributed by atoms with E-state index in [1.54, 1.807) is 6.92 Å². The Morgan fingerprint density at radius 2 is 2.12 bits per heavy atom. The van der Waals surface area contributed by atoms with Gasteiger partial charge in [0, 0.05) is 0 Å². The summed E-state index contributed by atoms with van der Waals surface area (Å²) in [6.07, 6.45) is 0. The summed E-state index contributed by atoms with van der Waals surface area (Å²) in [6.45, 7) is 1.62. The van der Waals surface area contributed by atoms with E-state index in [1.807, 2.05) is 0 Å². The van der Waals surface area contributed by atoms with E-state index in [-0.39, 0.29) is 11.5 Å². The smallest absolute Gasteiger partial charge is 0.341 e. The highest BCUT2D eigenvalue weighted by Crippen LogP contribution is 2.14. The molecule has 0 fully saturated rings. The minimum atomic E-state index is -3.96. The van der Waals surface area contributed by atoms with Crippen LogP contribution in [-0.2, 0) is 14.8 Å². The number of benzene rings is 1. The van der Waals surface area contributed by atoms with Gasteiger partial charge in [0.2, 0.25) is 10.0 Å². The van der Waals surface area contributed by atoms with Gasteiger partial charge in [0.25, 0.3) is 0 Å². The number of ether oxygens (including phenoxy) is 1. The fourth-order valence-electron chi connectivity index (χ4n) is 1.05. The van der Waals surface area contributed by atoms with Crippen molar-refractivity contribution in [3.05, 3.63) is 29.6 Å². The van der Waals surface area contributed by atoms with E-state index in [0.29, 0.717) is 0 Å². The number of sulfonamides is 1. The summed E-state index contributed by atoms with van der Waals surface area (Å²) in [5.41, 5.74) is -0.451. The summed E-state index contributed by atoms with van der Waals surface area (Å²) in [5.74, 6) is -1.78. The molecule has 0 atom stereocenters. The maximum Gasteiger partial charge on any atom is 0.341 e. The molecule has 0 aromatic heterocycles. The number of hydrogen-bond acceptors (Lipinski definition) is 4. The molecule has 0 saturated heterocycles. The van der Waals surface area contributed by atoms with Gasteiger partial charge < -0.3 is 4.74 Å². The van der Waals surface area contributed by atoms with Gasteiger partial charge in [-0.15, -0.1) is 0 Å². The lowest BCUT2D eigenvalue weighted by Crippen LogP contribution is -2.14. The van der Waals surface area contributed by atoms with Crippen LogP contribution in [0.2, 0.25) is 0 Å². The molecule has 2 N–H and O–H groups in total. The van der Waals surface area contributed by atoms with Crippen LogP contribution >= 0.6 is 0 Å². The molecule has 0 heterocycles. The predicted octanol–water partition coefficient (Wildman–Crippen LogP) is 0.650. The fourth-order valence-corrected chi connectivity index (χ4v) is 1.59. The molecule has 0 amide bonds. The number of carbonyl (C=O) groups is 1. The third-order valence-corrected chi connectivity index (χ3v) is 2.67. The molecule has 16 heavy (non-hydrogen) atoms. The van der Waals surface area contributed by atoms with Gasteiger partial charge in [-0.3, -0.25) is 0 Å². The molecule has 0 unspecified atom stereocenters. The van der Waals surface area contributed by atoms with Crippen LogP contribution in [-0.4, -0.2) is 21.0 Å². The van der Waals surface area contributed by atoms with Crippen LogP contribution in [0.5, 0.6) is 0 Å². The van der Waals surface area contributed by atoms with E-state index >= 15 is 0 Å². The number of rotatable bonds is 3. The quantitative estimate of drug-likeness (QED) is 0.794. The number of esters is 1. The summed E-state index contributed by atoms with van der Waals surface area (Å²) < 4.78 is 39.7. The van der Waals surface area contributed by atoms with Gasteiger partial charge in [-0.2, -0.15) is 0 Å². The third-order valence-electron chi connectivity index (χ3n) is 1.76. The van der Waals surface area contributed by atoms with Gasteiger partial charge in [0.15, 0.2) is 0 Å². The molecule has 0 aliphatic rings. The highest BCUT2D eigenvalue weighted by atomic mass is 32.2. The van der Waals surface area contributed by atoms with Crippen molar-refractivity contribution in [1.29, 1.82) is 0 Å². The molecule has 1 aromatic carbocycles.